The Hall–Kier alpha value is 0.0469. The Bertz CT molecular complexity index is 703. The molecular formula is C20H35NO2S3Si. The second kappa shape index (κ2) is 8.82. The Balaban J connectivity index is 2.33. The first-order valence-corrected chi connectivity index (χ1v) is 16.7. The van der Waals surface area contributed by atoms with Crippen LogP contribution >= 0.6 is 23.5 Å². The Morgan fingerprint density at radius 1 is 1.11 bits per heavy atom. The quantitative estimate of drug-likeness (QED) is 0.590. The molecule has 2 rings (SSSR count). The molecule has 0 spiro atoms. The summed E-state index contributed by atoms with van der Waals surface area (Å²) in [4.78, 5) is 0. The Morgan fingerprint density at radius 3 is 2.15 bits per heavy atom. The van der Waals surface area contributed by atoms with Gasteiger partial charge in [0.2, 0.25) is 10.0 Å². The van der Waals surface area contributed by atoms with Gasteiger partial charge in [-0.1, -0.05) is 50.0 Å². The van der Waals surface area contributed by atoms with Gasteiger partial charge in [0.05, 0.1) is 16.5 Å². The number of nitrogens with one attached hydrogen (secondary N) is 1. The monoisotopic (exact) mass is 445 g/mol. The van der Waals surface area contributed by atoms with Crippen molar-refractivity contribution < 1.29 is 8.42 Å². The highest BCUT2D eigenvalue weighted by Gasteiger charge is 2.47. The van der Waals surface area contributed by atoms with Gasteiger partial charge in [-0.15, -0.1) is 23.5 Å². The maximum absolute atomic E-state index is 12.9. The topological polar surface area (TPSA) is 46.2 Å². The third kappa shape index (κ3) is 6.01. The van der Waals surface area contributed by atoms with Crippen LogP contribution in [0.4, 0.5) is 0 Å². The Labute approximate surface area is 175 Å². The van der Waals surface area contributed by atoms with Gasteiger partial charge in [-0.05, 0) is 57.1 Å². The maximum atomic E-state index is 12.9. The van der Waals surface area contributed by atoms with E-state index in [2.05, 4.69) is 60.0 Å². The SMILES string of the molecule is CC(C)(C)S(=O)(=O)N[C@@H](Cc1ccccc1)CC1([Si](C)(C)C)SCCCS1. The summed E-state index contributed by atoms with van der Waals surface area (Å²) in [6, 6.07) is 10.2. The predicted octanol–water partition coefficient (Wildman–Crippen LogP) is 5.15. The van der Waals surface area contributed by atoms with Crippen LogP contribution in [0.2, 0.25) is 19.6 Å². The average molecular weight is 446 g/mol. The molecule has 27 heavy (non-hydrogen) atoms. The van der Waals surface area contributed by atoms with Gasteiger partial charge in [-0.2, -0.15) is 0 Å². The minimum Gasteiger partial charge on any atom is -0.212 e. The summed E-state index contributed by atoms with van der Waals surface area (Å²) in [5.74, 6) is 2.36. The lowest BCUT2D eigenvalue weighted by atomic mass is 10.0. The summed E-state index contributed by atoms with van der Waals surface area (Å²) in [6.45, 7) is 12.6. The molecule has 7 heteroatoms. The number of sulfonamides is 1. The van der Waals surface area contributed by atoms with Gasteiger partial charge in [-0.3, -0.25) is 0 Å². The number of benzene rings is 1. The molecule has 1 atom stereocenters. The third-order valence-electron chi connectivity index (χ3n) is 5.07. The Morgan fingerprint density at radius 2 is 1.67 bits per heavy atom. The van der Waals surface area contributed by atoms with E-state index < -0.39 is 22.8 Å². The molecule has 1 aliphatic heterocycles. The van der Waals surface area contributed by atoms with Crippen LogP contribution in [-0.2, 0) is 16.4 Å². The average Bonchev–Trinajstić information content (AvgIpc) is 2.54. The molecule has 0 aromatic heterocycles. The molecule has 1 aromatic carbocycles. The van der Waals surface area contributed by atoms with Crippen molar-refractivity contribution in [3.8, 4) is 0 Å². The van der Waals surface area contributed by atoms with Crippen LogP contribution in [0.25, 0.3) is 0 Å². The van der Waals surface area contributed by atoms with Crippen LogP contribution in [0.15, 0.2) is 30.3 Å². The lowest BCUT2D eigenvalue weighted by Gasteiger charge is -2.47. The van der Waals surface area contributed by atoms with Crippen molar-refractivity contribution in [2.45, 2.75) is 74.2 Å². The molecule has 0 amide bonds. The summed E-state index contributed by atoms with van der Waals surface area (Å²) in [7, 11) is -4.91. The number of hydrogen-bond donors (Lipinski definition) is 1. The number of rotatable bonds is 7. The first kappa shape index (κ1) is 23.3. The van der Waals surface area contributed by atoms with Gasteiger partial charge >= 0.3 is 0 Å². The summed E-state index contributed by atoms with van der Waals surface area (Å²) in [6.07, 6.45) is 2.88. The van der Waals surface area contributed by atoms with E-state index in [0.717, 1.165) is 12.8 Å². The molecule has 1 saturated heterocycles. The molecular weight excluding hydrogens is 411 g/mol. The fourth-order valence-corrected chi connectivity index (χ4v) is 12.0. The van der Waals surface area contributed by atoms with Crippen LogP contribution in [0.1, 0.15) is 39.2 Å². The fraction of sp³-hybridized carbons (Fsp3) is 0.700. The first-order chi connectivity index (χ1) is 12.4. The van der Waals surface area contributed by atoms with E-state index in [0.29, 0.717) is 0 Å². The lowest BCUT2D eigenvalue weighted by molar-refractivity contribution is 0.503. The van der Waals surface area contributed by atoms with E-state index >= 15 is 0 Å². The first-order valence-electron chi connectivity index (χ1n) is 9.70. The van der Waals surface area contributed by atoms with Gasteiger partial charge < -0.3 is 0 Å². The van der Waals surface area contributed by atoms with Crippen molar-refractivity contribution in [1.29, 1.82) is 0 Å². The minimum atomic E-state index is -3.39. The fourth-order valence-electron chi connectivity index (χ4n) is 3.21. The Kier molecular flexibility index (Phi) is 7.62. The van der Waals surface area contributed by atoms with E-state index in [4.69, 9.17) is 0 Å². The molecule has 0 saturated carbocycles. The highest BCUT2D eigenvalue weighted by atomic mass is 32.2. The molecule has 0 unspecified atom stereocenters. The molecule has 0 radical (unpaired) electrons. The van der Waals surface area contributed by atoms with Crippen LogP contribution in [0.5, 0.6) is 0 Å². The molecule has 0 aliphatic carbocycles. The van der Waals surface area contributed by atoms with Gasteiger partial charge in [0.15, 0.2) is 0 Å². The summed E-state index contributed by atoms with van der Waals surface area (Å²) >= 11 is 4.16. The molecule has 0 bridgehead atoms. The van der Waals surface area contributed by atoms with E-state index in [1.807, 2.05) is 18.2 Å². The summed E-state index contributed by atoms with van der Waals surface area (Å²) < 4.78 is 28.3. The van der Waals surface area contributed by atoms with Gasteiger partial charge in [0.1, 0.15) is 0 Å². The number of thioether (sulfide) groups is 2. The van der Waals surface area contributed by atoms with Crippen LogP contribution in [0, 0.1) is 0 Å². The molecule has 3 nitrogen and oxygen atoms in total. The smallest absolute Gasteiger partial charge is 0.212 e. The van der Waals surface area contributed by atoms with E-state index in [-0.39, 0.29) is 9.74 Å². The predicted molar refractivity (Wildman–Crippen MR) is 126 cm³/mol. The standard InChI is InChI=1S/C20H35NO2S3Si/c1-19(2,3)26(22,23)21-18(15-17-11-8-7-9-12-17)16-20(27(4,5)6)24-13-10-14-25-20/h7-9,11-12,18,21H,10,13-16H2,1-6H3/t18-/m0/s1. The lowest BCUT2D eigenvalue weighted by Crippen LogP contribution is -2.54. The van der Waals surface area contributed by atoms with Gasteiger partial charge in [-0.25, -0.2) is 13.1 Å². The summed E-state index contributed by atoms with van der Waals surface area (Å²) in [5.41, 5.74) is 1.19. The molecule has 1 fully saturated rings. The number of hydrogen-bond acceptors (Lipinski definition) is 4. The third-order valence-corrected chi connectivity index (χ3v) is 17.3. The van der Waals surface area contributed by atoms with Crippen LogP contribution < -0.4 is 4.72 Å². The molecule has 1 N–H and O–H groups in total. The van der Waals surface area contributed by atoms with E-state index in [9.17, 15) is 8.42 Å². The zero-order chi connectivity index (χ0) is 20.3. The molecule has 154 valence electrons. The second-order valence-electron chi connectivity index (χ2n) is 9.38. The normalized spacial score (nSPS) is 19.6. The maximum Gasteiger partial charge on any atom is 0.216 e. The highest BCUT2D eigenvalue weighted by Crippen LogP contribution is 2.51. The minimum absolute atomic E-state index is 0.0820. The van der Waals surface area contributed by atoms with Gasteiger partial charge in [0.25, 0.3) is 0 Å². The molecule has 1 heterocycles. The molecule has 1 aromatic rings. The van der Waals surface area contributed by atoms with E-state index in [1.165, 1.54) is 23.5 Å². The van der Waals surface area contributed by atoms with Crippen molar-refractivity contribution in [3.63, 3.8) is 0 Å². The van der Waals surface area contributed by atoms with Crippen LogP contribution in [0.3, 0.4) is 0 Å². The largest absolute Gasteiger partial charge is 0.216 e. The van der Waals surface area contributed by atoms with Crippen molar-refractivity contribution in [2.75, 3.05) is 11.5 Å². The van der Waals surface area contributed by atoms with Gasteiger partial charge in [0, 0.05) is 6.04 Å². The zero-order valence-electron chi connectivity index (χ0n) is 17.5. The van der Waals surface area contributed by atoms with Crippen molar-refractivity contribution >= 4 is 41.6 Å². The van der Waals surface area contributed by atoms with E-state index in [1.54, 1.807) is 20.8 Å². The highest BCUT2D eigenvalue weighted by molar-refractivity contribution is 8.21. The van der Waals surface area contributed by atoms with Crippen molar-refractivity contribution in [2.24, 2.45) is 0 Å². The second-order valence-corrected chi connectivity index (χ2v) is 21.0. The summed E-state index contributed by atoms with van der Waals surface area (Å²) in [5, 5.41) is 0. The van der Waals surface area contributed by atoms with Crippen molar-refractivity contribution in [3.05, 3.63) is 35.9 Å². The van der Waals surface area contributed by atoms with Crippen molar-refractivity contribution in [1.82, 2.24) is 4.72 Å². The van der Waals surface area contributed by atoms with Crippen LogP contribution in [-0.4, -0.2) is 42.5 Å². The molecule has 1 aliphatic rings. The zero-order valence-corrected chi connectivity index (χ0v) is 21.0.